The average Bonchev–Trinajstić information content (AvgIpc) is 3.07. The minimum atomic E-state index is -4.60. The largest absolute Gasteiger partial charge is 0.416 e. The molecule has 10 heteroatoms. The third-order valence-corrected chi connectivity index (χ3v) is 4.26. The number of rotatable bonds is 3. The maximum Gasteiger partial charge on any atom is 0.416 e. The lowest BCUT2D eigenvalue weighted by Crippen LogP contribution is -2.33. The van der Waals surface area contributed by atoms with E-state index in [0.717, 1.165) is 17.0 Å². The Morgan fingerprint density at radius 3 is 2.52 bits per heavy atom. The highest BCUT2D eigenvalue weighted by Crippen LogP contribution is 2.33. The fourth-order valence-corrected chi connectivity index (χ4v) is 2.54. The Hall–Kier alpha value is -2.39. The molecule has 0 saturated heterocycles. The number of thiophene rings is 1. The molecule has 1 aromatic carbocycles. The minimum absolute atomic E-state index is 0.132. The monoisotopic (exact) mass is 389 g/mol. The number of benzene rings is 1. The fourth-order valence-electron chi connectivity index (χ4n) is 1.70. The number of carbonyl (C=O) groups excluding carboxylic acids is 2. The molecular weight excluding hydrogens is 379 g/mol. The van der Waals surface area contributed by atoms with Crippen LogP contribution in [0.25, 0.3) is 0 Å². The topological polar surface area (TPSA) is 70.6 Å². The van der Waals surface area contributed by atoms with Crippen LogP contribution < -0.4 is 10.7 Å². The van der Waals surface area contributed by atoms with Gasteiger partial charge in [-0.25, -0.2) is 5.43 Å². The van der Waals surface area contributed by atoms with Gasteiger partial charge in [-0.1, -0.05) is 17.7 Å². The first-order chi connectivity index (χ1) is 11.7. The number of nitrogens with one attached hydrogen (secondary N) is 2. The van der Waals surface area contributed by atoms with Gasteiger partial charge in [0.05, 0.1) is 22.0 Å². The second kappa shape index (κ2) is 7.66. The number of nitrogens with zero attached hydrogens (tertiary/aromatic N) is 1. The zero-order valence-electron chi connectivity index (χ0n) is 12.6. The molecule has 0 bridgehead atoms. The predicted molar refractivity (Wildman–Crippen MR) is 89.8 cm³/mol. The lowest BCUT2D eigenvalue weighted by Gasteiger charge is -2.11. The molecule has 0 spiro atoms. The molecule has 0 aliphatic carbocycles. The van der Waals surface area contributed by atoms with E-state index in [9.17, 15) is 22.8 Å². The van der Waals surface area contributed by atoms with E-state index in [2.05, 4.69) is 5.10 Å². The van der Waals surface area contributed by atoms with Crippen molar-refractivity contribution in [3.05, 3.63) is 51.2 Å². The van der Waals surface area contributed by atoms with Crippen molar-refractivity contribution in [2.45, 2.75) is 13.1 Å². The van der Waals surface area contributed by atoms with Crippen molar-refractivity contribution in [2.75, 3.05) is 5.32 Å². The van der Waals surface area contributed by atoms with E-state index in [1.54, 1.807) is 19.1 Å². The van der Waals surface area contributed by atoms with Crippen LogP contribution in [-0.4, -0.2) is 17.5 Å². The van der Waals surface area contributed by atoms with Crippen LogP contribution in [0.4, 0.5) is 18.9 Å². The summed E-state index contributed by atoms with van der Waals surface area (Å²) in [7, 11) is 0. The number of amides is 2. The number of hydrogen-bond donors (Lipinski definition) is 2. The predicted octanol–water partition coefficient (Wildman–Crippen LogP) is 3.90. The summed E-state index contributed by atoms with van der Waals surface area (Å²) in [5.41, 5.74) is 1.19. The van der Waals surface area contributed by atoms with Crippen molar-refractivity contribution < 1.29 is 22.8 Å². The Morgan fingerprint density at radius 1 is 1.20 bits per heavy atom. The molecule has 2 N–H and O–H groups in total. The van der Waals surface area contributed by atoms with E-state index >= 15 is 0 Å². The number of hydrogen-bond acceptors (Lipinski definition) is 4. The van der Waals surface area contributed by atoms with Gasteiger partial charge in [0.25, 0.3) is 0 Å². The molecule has 0 aliphatic heterocycles. The van der Waals surface area contributed by atoms with Crippen LogP contribution in [-0.2, 0) is 15.8 Å². The molecule has 2 amide bonds. The SMILES string of the molecule is CC(=NNC(=O)C(=O)Nc1cc(C(F)(F)F)ccc1Cl)c1cccs1. The average molecular weight is 390 g/mol. The summed E-state index contributed by atoms with van der Waals surface area (Å²) < 4.78 is 38.1. The van der Waals surface area contributed by atoms with E-state index in [1.165, 1.54) is 11.3 Å². The Bertz CT molecular complexity index is 820. The van der Waals surface area contributed by atoms with Crippen molar-refractivity contribution in [1.29, 1.82) is 0 Å². The van der Waals surface area contributed by atoms with Crippen LogP contribution >= 0.6 is 22.9 Å². The van der Waals surface area contributed by atoms with Crippen LogP contribution in [0.15, 0.2) is 40.8 Å². The molecule has 1 heterocycles. The zero-order valence-corrected chi connectivity index (χ0v) is 14.2. The van der Waals surface area contributed by atoms with E-state index in [-0.39, 0.29) is 10.7 Å². The maximum atomic E-state index is 12.7. The van der Waals surface area contributed by atoms with Crippen molar-refractivity contribution in [3.8, 4) is 0 Å². The van der Waals surface area contributed by atoms with Crippen LogP contribution in [0.3, 0.4) is 0 Å². The number of anilines is 1. The summed E-state index contributed by atoms with van der Waals surface area (Å²) in [5, 5.41) is 7.48. The normalized spacial score (nSPS) is 12.0. The number of hydrazone groups is 1. The quantitative estimate of drug-likeness (QED) is 0.475. The Kier molecular flexibility index (Phi) is 5.81. The van der Waals surface area contributed by atoms with Crippen molar-refractivity contribution in [3.63, 3.8) is 0 Å². The number of alkyl halides is 3. The van der Waals surface area contributed by atoms with Crippen LogP contribution in [0.1, 0.15) is 17.4 Å². The number of carbonyl (C=O) groups is 2. The van der Waals surface area contributed by atoms with Crippen LogP contribution in [0.5, 0.6) is 0 Å². The maximum absolute atomic E-state index is 12.7. The van der Waals surface area contributed by atoms with Crippen molar-refractivity contribution in [2.24, 2.45) is 5.10 Å². The summed E-state index contributed by atoms with van der Waals surface area (Å²) in [5.74, 6) is -2.33. The molecule has 0 radical (unpaired) electrons. The van der Waals surface area contributed by atoms with Gasteiger partial charge in [0.15, 0.2) is 0 Å². The second-order valence-electron chi connectivity index (χ2n) is 4.76. The molecule has 2 rings (SSSR count). The van der Waals surface area contributed by atoms with Gasteiger partial charge in [-0.15, -0.1) is 11.3 Å². The molecule has 1 aromatic heterocycles. The molecule has 2 aromatic rings. The van der Waals surface area contributed by atoms with E-state index in [1.807, 2.05) is 16.1 Å². The lowest BCUT2D eigenvalue weighted by atomic mass is 10.2. The van der Waals surface area contributed by atoms with Gasteiger partial charge in [-0.3, -0.25) is 9.59 Å². The van der Waals surface area contributed by atoms with E-state index < -0.39 is 23.6 Å². The van der Waals surface area contributed by atoms with Gasteiger partial charge >= 0.3 is 18.0 Å². The molecule has 25 heavy (non-hydrogen) atoms. The zero-order chi connectivity index (χ0) is 18.6. The molecule has 0 atom stereocenters. The highest BCUT2D eigenvalue weighted by molar-refractivity contribution is 7.12. The van der Waals surface area contributed by atoms with Gasteiger partial charge in [0, 0.05) is 4.88 Å². The molecule has 132 valence electrons. The fraction of sp³-hybridized carbons (Fsp3) is 0.133. The second-order valence-corrected chi connectivity index (χ2v) is 6.12. The lowest BCUT2D eigenvalue weighted by molar-refractivity contribution is -0.137. The van der Waals surface area contributed by atoms with Gasteiger partial charge in [0.1, 0.15) is 0 Å². The summed E-state index contributed by atoms with van der Waals surface area (Å²) in [4.78, 5) is 24.3. The summed E-state index contributed by atoms with van der Waals surface area (Å²) in [6.45, 7) is 1.63. The van der Waals surface area contributed by atoms with Gasteiger partial charge in [-0.05, 0) is 36.6 Å². The summed E-state index contributed by atoms with van der Waals surface area (Å²) >= 11 is 7.14. The molecule has 0 unspecified atom stereocenters. The smallest absolute Gasteiger partial charge is 0.316 e. The first-order valence-electron chi connectivity index (χ1n) is 6.74. The number of halogens is 4. The Morgan fingerprint density at radius 2 is 1.92 bits per heavy atom. The Labute approximate surface area is 149 Å². The highest BCUT2D eigenvalue weighted by atomic mass is 35.5. The third kappa shape index (κ3) is 5.04. The van der Waals surface area contributed by atoms with Crippen molar-refractivity contribution >= 4 is 46.2 Å². The molecule has 5 nitrogen and oxygen atoms in total. The van der Waals surface area contributed by atoms with Crippen LogP contribution in [0, 0.1) is 0 Å². The van der Waals surface area contributed by atoms with Gasteiger partial charge in [0.2, 0.25) is 0 Å². The highest BCUT2D eigenvalue weighted by Gasteiger charge is 2.31. The standard InChI is InChI=1S/C15H11ClF3N3O2S/c1-8(12-3-2-6-25-12)21-22-14(24)13(23)20-11-7-9(15(17,18)19)4-5-10(11)16/h2-7H,1H3,(H,20,23)(H,22,24). The first-order valence-corrected chi connectivity index (χ1v) is 8.00. The molecule has 0 saturated carbocycles. The molecule has 0 aliphatic rings. The molecule has 0 fully saturated rings. The minimum Gasteiger partial charge on any atom is -0.316 e. The van der Waals surface area contributed by atoms with Crippen molar-refractivity contribution in [1.82, 2.24) is 5.43 Å². The van der Waals surface area contributed by atoms with Crippen LogP contribution in [0.2, 0.25) is 5.02 Å². The first kappa shape index (κ1) is 18.9. The summed E-state index contributed by atoms with van der Waals surface area (Å²) in [6, 6.07) is 5.97. The van der Waals surface area contributed by atoms with Gasteiger partial charge < -0.3 is 5.32 Å². The molecular formula is C15H11ClF3N3O2S. The van der Waals surface area contributed by atoms with E-state index in [4.69, 9.17) is 11.6 Å². The third-order valence-electron chi connectivity index (χ3n) is 2.95. The Balaban J connectivity index is 2.06. The van der Waals surface area contributed by atoms with Gasteiger partial charge in [-0.2, -0.15) is 18.3 Å². The van der Waals surface area contributed by atoms with E-state index in [0.29, 0.717) is 11.8 Å². The summed E-state index contributed by atoms with van der Waals surface area (Å²) in [6.07, 6.45) is -4.60.